The van der Waals surface area contributed by atoms with Gasteiger partial charge < -0.3 is 4.90 Å². The van der Waals surface area contributed by atoms with Crippen molar-refractivity contribution < 1.29 is 4.79 Å². The minimum absolute atomic E-state index is 0.280. The lowest BCUT2D eigenvalue weighted by molar-refractivity contribution is -0.138. The molecule has 1 saturated heterocycles. The van der Waals surface area contributed by atoms with Crippen molar-refractivity contribution in [1.82, 2.24) is 19.9 Å². The van der Waals surface area contributed by atoms with Crippen LogP contribution in [-0.4, -0.2) is 38.9 Å². The third-order valence-electron chi connectivity index (χ3n) is 4.05. The first-order chi connectivity index (χ1) is 9.81. The van der Waals surface area contributed by atoms with Crippen LogP contribution in [-0.2, 0) is 4.79 Å². The molecule has 5 heteroatoms. The van der Waals surface area contributed by atoms with Gasteiger partial charge in [0.2, 0.25) is 5.91 Å². The lowest BCUT2D eigenvalue weighted by Crippen LogP contribution is -2.51. The average Bonchev–Trinajstić information content (AvgIpc) is 3.17. The maximum Gasteiger partial charge on any atom is 0.225 e. The van der Waals surface area contributed by atoms with Crippen LogP contribution in [0.2, 0.25) is 0 Å². The lowest BCUT2D eigenvalue weighted by atomic mass is 10.1. The fourth-order valence-corrected chi connectivity index (χ4v) is 2.59. The molecule has 2 heterocycles. The monoisotopic (exact) mass is 268 g/mol. The van der Waals surface area contributed by atoms with Gasteiger partial charge >= 0.3 is 0 Å². The summed E-state index contributed by atoms with van der Waals surface area (Å²) in [6.07, 6.45) is 4.11. The average molecular weight is 268 g/mol. The molecule has 1 saturated carbocycles. The second kappa shape index (κ2) is 4.44. The first kappa shape index (κ1) is 11.6. The Balaban J connectivity index is 1.43. The molecule has 4 rings (SSSR count). The van der Waals surface area contributed by atoms with Crippen LogP contribution in [0, 0.1) is 5.92 Å². The number of hydrogen-bond donors (Lipinski definition) is 0. The number of rotatable bonds is 3. The Kier molecular flexibility index (Phi) is 2.58. The van der Waals surface area contributed by atoms with Crippen molar-refractivity contribution in [3.8, 4) is 11.3 Å². The lowest BCUT2D eigenvalue weighted by Gasteiger charge is -2.39. The van der Waals surface area contributed by atoms with Crippen molar-refractivity contribution in [2.45, 2.75) is 18.9 Å². The SMILES string of the molecule is O=C(C1CC1)N1CC(n2cc(-c3ccccc3)nn2)C1. The molecule has 1 aromatic carbocycles. The van der Waals surface area contributed by atoms with Gasteiger partial charge in [0, 0.05) is 24.6 Å². The molecule has 2 fully saturated rings. The Morgan fingerprint density at radius 2 is 1.90 bits per heavy atom. The van der Waals surface area contributed by atoms with Gasteiger partial charge in [-0.25, -0.2) is 4.68 Å². The molecule has 2 aromatic rings. The number of nitrogens with zero attached hydrogens (tertiary/aromatic N) is 4. The van der Waals surface area contributed by atoms with Crippen molar-refractivity contribution in [1.29, 1.82) is 0 Å². The second-order valence-corrected chi connectivity index (χ2v) is 5.62. The van der Waals surface area contributed by atoms with Crippen LogP contribution in [0.1, 0.15) is 18.9 Å². The van der Waals surface area contributed by atoms with Gasteiger partial charge in [0.05, 0.1) is 12.2 Å². The number of carbonyl (C=O) groups is 1. The molecule has 1 aliphatic heterocycles. The first-order valence-electron chi connectivity index (χ1n) is 7.07. The summed E-state index contributed by atoms with van der Waals surface area (Å²) in [6.45, 7) is 1.54. The Bertz CT molecular complexity index is 626. The van der Waals surface area contributed by atoms with Crippen molar-refractivity contribution >= 4 is 5.91 Å². The van der Waals surface area contributed by atoms with Gasteiger partial charge in [-0.3, -0.25) is 4.79 Å². The standard InChI is InChI=1S/C15H16N4O/c20-15(12-6-7-12)18-8-13(9-18)19-10-14(16-17-19)11-4-2-1-3-5-11/h1-5,10,12-13H,6-9H2. The molecular weight excluding hydrogens is 252 g/mol. The Hall–Kier alpha value is -2.17. The van der Waals surface area contributed by atoms with Gasteiger partial charge in [-0.15, -0.1) is 5.10 Å². The Labute approximate surface area is 117 Å². The van der Waals surface area contributed by atoms with Crippen molar-refractivity contribution in [2.75, 3.05) is 13.1 Å². The molecule has 0 atom stereocenters. The molecule has 5 nitrogen and oxygen atoms in total. The van der Waals surface area contributed by atoms with Crippen LogP contribution < -0.4 is 0 Å². The van der Waals surface area contributed by atoms with E-state index in [2.05, 4.69) is 10.3 Å². The summed E-state index contributed by atoms with van der Waals surface area (Å²) in [7, 11) is 0. The minimum atomic E-state index is 0.280. The number of likely N-dealkylation sites (tertiary alicyclic amines) is 1. The fraction of sp³-hybridized carbons (Fsp3) is 0.400. The number of amides is 1. The summed E-state index contributed by atoms with van der Waals surface area (Å²) in [6, 6.07) is 10.3. The van der Waals surface area contributed by atoms with E-state index >= 15 is 0 Å². The van der Waals surface area contributed by atoms with E-state index in [1.807, 2.05) is 46.1 Å². The molecule has 0 N–H and O–H groups in total. The van der Waals surface area contributed by atoms with Crippen LogP contribution in [0.4, 0.5) is 0 Å². The van der Waals surface area contributed by atoms with E-state index in [4.69, 9.17) is 0 Å². The zero-order chi connectivity index (χ0) is 13.5. The van der Waals surface area contributed by atoms with E-state index in [1.54, 1.807) is 0 Å². The highest BCUT2D eigenvalue weighted by Gasteiger charge is 2.40. The third-order valence-corrected chi connectivity index (χ3v) is 4.05. The highest BCUT2D eigenvalue weighted by molar-refractivity contribution is 5.81. The Morgan fingerprint density at radius 3 is 2.60 bits per heavy atom. The van der Waals surface area contributed by atoms with Crippen molar-refractivity contribution in [3.05, 3.63) is 36.5 Å². The van der Waals surface area contributed by atoms with E-state index in [9.17, 15) is 4.79 Å². The molecular formula is C15H16N4O. The second-order valence-electron chi connectivity index (χ2n) is 5.62. The molecule has 0 unspecified atom stereocenters. The van der Waals surface area contributed by atoms with Gasteiger partial charge in [-0.2, -0.15) is 0 Å². The van der Waals surface area contributed by atoms with Crippen molar-refractivity contribution in [3.63, 3.8) is 0 Å². The molecule has 20 heavy (non-hydrogen) atoms. The van der Waals surface area contributed by atoms with Crippen LogP contribution in [0.3, 0.4) is 0 Å². The predicted molar refractivity (Wildman–Crippen MR) is 73.8 cm³/mol. The van der Waals surface area contributed by atoms with Crippen molar-refractivity contribution in [2.24, 2.45) is 5.92 Å². The van der Waals surface area contributed by atoms with Crippen LogP contribution >= 0.6 is 0 Å². The quantitative estimate of drug-likeness (QED) is 0.852. The number of carbonyl (C=O) groups excluding carboxylic acids is 1. The first-order valence-corrected chi connectivity index (χ1v) is 7.07. The van der Waals surface area contributed by atoms with Gasteiger partial charge in [-0.1, -0.05) is 35.5 Å². The van der Waals surface area contributed by atoms with Crippen LogP contribution in [0.15, 0.2) is 36.5 Å². The molecule has 1 amide bonds. The normalized spacial score (nSPS) is 18.9. The molecule has 1 aromatic heterocycles. The van der Waals surface area contributed by atoms with Gasteiger partial charge in [0.15, 0.2) is 0 Å². The predicted octanol–water partition coefficient (Wildman–Crippen LogP) is 1.74. The molecule has 1 aliphatic carbocycles. The topological polar surface area (TPSA) is 51.0 Å². The van der Waals surface area contributed by atoms with Gasteiger partial charge in [0.25, 0.3) is 0 Å². The summed E-state index contributed by atoms with van der Waals surface area (Å²) in [5.74, 6) is 0.635. The molecule has 2 aliphatic rings. The zero-order valence-corrected chi connectivity index (χ0v) is 11.1. The smallest absolute Gasteiger partial charge is 0.225 e. The maximum absolute atomic E-state index is 11.9. The van der Waals surface area contributed by atoms with E-state index in [0.29, 0.717) is 11.8 Å². The summed E-state index contributed by atoms with van der Waals surface area (Å²) in [5, 5.41) is 8.41. The van der Waals surface area contributed by atoms with E-state index in [-0.39, 0.29) is 6.04 Å². The van der Waals surface area contributed by atoms with Crippen LogP contribution in [0.25, 0.3) is 11.3 Å². The molecule has 0 bridgehead atoms. The summed E-state index contributed by atoms with van der Waals surface area (Å²) in [5.41, 5.74) is 1.96. The Morgan fingerprint density at radius 1 is 1.15 bits per heavy atom. The van der Waals surface area contributed by atoms with Gasteiger partial charge in [-0.05, 0) is 12.8 Å². The highest BCUT2D eigenvalue weighted by Crippen LogP contribution is 2.34. The molecule has 0 radical (unpaired) electrons. The summed E-state index contributed by atoms with van der Waals surface area (Å²) >= 11 is 0. The summed E-state index contributed by atoms with van der Waals surface area (Å²) in [4.78, 5) is 13.8. The van der Waals surface area contributed by atoms with E-state index < -0.39 is 0 Å². The number of benzene rings is 1. The fourth-order valence-electron chi connectivity index (χ4n) is 2.59. The minimum Gasteiger partial charge on any atom is -0.338 e. The number of aromatic nitrogens is 3. The molecule has 102 valence electrons. The van der Waals surface area contributed by atoms with Crippen LogP contribution in [0.5, 0.6) is 0 Å². The largest absolute Gasteiger partial charge is 0.338 e. The zero-order valence-electron chi connectivity index (χ0n) is 11.1. The molecule has 0 spiro atoms. The summed E-state index contributed by atoms with van der Waals surface area (Å²) < 4.78 is 1.89. The third kappa shape index (κ3) is 1.99. The van der Waals surface area contributed by atoms with Gasteiger partial charge in [0.1, 0.15) is 5.69 Å². The van der Waals surface area contributed by atoms with E-state index in [0.717, 1.165) is 37.2 Å². The highest BCUT2D eigenvalue weighted by atomic mass is 16.2. The van der Waals surface area contributed by atoms with E-state index in [1.165, 1.54) is 0 Å². The number of hydrogen-bond acceptors (Lipinski definition) is 3. The maximum atomic E-state index is 11.9.